The smallest absolute Gasteiger partial charge is 0.126 e. The van der Waals surface area contributed by atoms with E-state index in [4.69, 9.17) is 0 Å². The Bertz CT molecular complexity index is 399. The standard InChI is InChI=1S/C16H28N4/c1-4-14(3)20-11-9-19(10-12-20)13-15-7-6-8-16(18-15)17-5-2/h6-8,14H,4-5,9-13H2,1-3H3,(H,17,18). The predicted octanol–water partition coefficient (Wildman–Crippen LogP) is 2.43. The number of hydrogen-bond acceptors (Lipinski definition) is 4. The normalized spacial score (nSPS) is 18.9. The summed E-state index contributed by atoms with van der Waals surface area (Å²) >= 11 is 0. The number of rotatable bonds is 6. The summed E-state index contributed by atoms with van der Waals surface area (Å²) in [6.45, 7) is 13.3. The Labute approximate surface area is 123 Å². The second-order valence-corrected chi connectivity index (χ2v) is 5.61. The Morgan fingerprint density at radius 3 is 2.60 bits per heavy atom. The van der Waals surface area contributed by atoms with Crippen LogP contribution in [0.4, 0.5) is 5.82 Å². The van der Waals surface area contributed by atoms with Gasteiger partial charge >= 0.3 is 0 Å². The molecule has 1 aliphatic heterocycles. The minimum absolute atomic E-state index is 0.715. The molecule has 1 aliphatic rings. The third-order valence-corrected chi connectivity index (χ3v) is 4.17. The van der Waals surface area contributed by atoms with Gasteiger partial charge in [0, 0.05) is 45.3 Å². The number of nitrogens with one attached hydrogen (secondary N) is 1. The first-order chi connectivity index (χ1) is 9.72. The van der Waals surface area contributed by atoms with Gasteiger partial charge in [-0.25, -0.2) is 4.98 Å². The van der Waals surface area contributed by atoms with Crippen molar-refractivity contribution in [3.05, 3.63) is 23.9 Å². The molecule has 4 nitrogen and oxygen atoms in total. The lowest BCUT2D eigenvalue weighted by atomic mass is 10.2. The molecule has 20 heavy (non-hydrogen) atoms. The molecule has 0 aliphatic carbocycles. The summed E-state index contributed by atoms with van der Waals surface area (Å²) in [5, 5.41) is 3.28. The number of piperazine rings is 1. The predicted molar refractivity (Wildman–Crippen MR) is 85.0 cm³/mol. The molecule has 0 saturated carbocycles. The topological polar surface area (TPSA) is 31.4 Å². The first-order valence-electron chi connectivity index (χ1n) is 7.89. The van der Waals surface area contributed by atoms with Crippen LogP contribution in [-0.2, 0) is 6.54 Å². The second-order valence-electron chi connectivity index (χ2n) is 5.61. The third kappa shape index (κ3) is 4.18. The van der Waals surface area contributed by atoms with Gasteiger partial charge in [-0.1, -0.05) is 13.0 Å². The molecule has 1 N–H and O–H groups in total. The summed E-state index contributed by atoms with van der Waals surface area (Å²) in [5.41, 5.74) is 1.17. The molecule has 1 atom stereocenters. The third-order valence-electron chi connectivity index (χ3n) is 4.17. The Hall–Kier alpha value is -1.13. The first kappa shape index (κ1) is 15.3. The maximum atomic E-state index is 4.66. The van der Waals surface area contributed by atoms with Crippen molar-refractivity contribution in [2.45, 2.75) is 39.8 Å². The van der Waals surface area contributed by atoms with Crippen LogP contribution in [0.3, 0.4) is 0 Å². The average Bonchev–Trinajstić information content (AvgIpc) is 2.48. The molecule has 4 heteroatoms. The maximum Gasteiger partial charge on any atom is 0.126 e. The second kappa shape index (κ2) is 7.60. The molecule has 1 fully saturated rings. The van der Waals surface area contributed by atoms with Crippen molar-refractivity contribution in [2.24, 2.45) is 0 Å². The number of anilines is 1. The molecule has 0 amide bonds. The summed E-state index contributed by atoms with van der Waals surface area (Å²) in [5.74, 6) is 0.989. The van der Waals surface area contributed by atoms with Gasteiger partial charge in [-0.05, 0) is 32.4 Å². The fraction of sp³-hybridized carbons (Fsp3) is 0.688. The number of nitrogens with zero attached hydrogens (tertiary/aromatic N) is 3. The molecule has 0 aromatic carbocycles. The van der Waals surface area contributed by atoms with E-state index in [0.717, 1.165) is 32.0 Å². The summed E-state index contributed by atoms with van der Waals surface area (Å²) in [4.78, 5) is 9.77. The maximum absolute atomic E-state index is 4.66. The van der Waals surface area contributed by atoms with Gasteiger partial charge in [0.05, 0.1) is 5.69 Å². The van der Waals surface area contributed by atoms with Gasteiger partial charge in [0.1, 0.15) is 5.82 Å². The van der Waals surface area contributed by atoms with Gasteiger partial charge in [-0.3, -0.25) is 9.80 Å². The molecule has 0 bridgehead atoms. The molecule has 1 saturated heterocycles. The lowest BCUT2D eigenvalue weighted by molar-refractivity contribution is 0.0956. The Balaban J connectivity index is 1.84. The van der Waals surface area contributed by atoms with Crippen LogP contribution in [0.5, 0.6) is 0 Å². The first-order valence-corrected chi connectivity index (χ1v) is 7.89. The molecule has 2 heterocycles. The van der Waals surface area contributed by atoms with Crippen molar-refractivity contribution in [3.8, 4) is 0 Å². The van der Waals surface area contributed by atoms with E-state index in [9.17, 15) is 0 Å². The molecule has 2 rings (SSSR count). The highest BCUT2D eigenvalue weighted by molar-refractivity contribution is 5.34. The zero-order valence-corrected chi connectivity index (χ0v) is 13.1. The van der Waals surface area contributed by atoms with Crippen LogP contribution in [0.1, 0.15) is 32.9 Å². The van der Waals surface area contributed by atoms with Crippen LogP contribution < -0.4 is 5.32 Å². The van der Waals surface area contributed by atoms with E-state index in [1.165, 1.54) is 25.2 Å². The SMILES string of the molecule is CCNc1cccc(CN2CCN(C(C)CC)CC2)n1. The van der Waals surface area contributed by atoms with Crippen molar-refractivity contribution in [3.63, 3.8) is 0 Å². The molecule has 1 unspecified atom stereocenters. The van der Waals surface area contributed by atoms with E-state index in [0.29, 0.717) is 6.04 Å². The van der Waals surface area contributed by atoms with Gasteiger partial charge in [0.2, 0.25) is 0 Å². The highest BCUT2D eigenvalue weighted by atomic mass is 15.3. The summed E-state index contributed by atoms with van der Waals surface area (Å²) in [6, 6.07) is 6.97. The van der Waals surface area contributed by atoms with E-state index in [2.05, 4.69) is 53.0 Å². The molecular formula is C16H28N4. The van der Waals surface area contributed by atoms with Crippen molar-refractivity contribution in [2.75, 3.05) is 38.0 Å². The van der Waals surface area contributed by atoms with E-state index >= 15 is 0 Å². The lowest BCUT2D eigenvalue weighted by Gasteiger charge is -2.37. The highest BCUT2D eigenvalue weighted by Gasteiger charge is 2.20. The average molecular weight is 276 g/mol. The largest absolute Gasteiger partial charge is 0.370 e. The molecule has 1 aromatic heterocycles. The van der Waals surface area contributed by atoms with Gasteiger partial charge < -0.3 is 5.32 Å². The zero-order chi connectivity index (χ0) is 14.4. The van der Waals surface area contributed by atoms with Crippen molar-refractivity contribution < 1.29 is 0 Å². The van der Waals surface area contributed by atoms with E-state index in [1.807, 2.05) is 6.07 Å². The van der Waals surface area contributed by atoms with Crippen molar-refractivity contribution in [1.29, 1.82) is 0 Å². The van der Waals surface area contributed by atoms with Crippen molar-refractivity contribution in [1.82, 2.24) is 14.8 Å². The quantitative estimate of drug-likeness (QED) is 0.864. The Morgan fingerprint density at radius 2 is 1.95 bits per heavy atom. The van der Waals surface area contributed by atoms with Crippen LogP contribution in [0.15, 0.2) is 18.2 Å². The van der Waals surface area contributed by atoms with Crippen LogP contribution in [0, 0.1) is 0 Å². The molecular weight excluding hydrogens is 248 g/mol. The monoisotopic (exact) mass is 276 g/mol. The Kier molecular flexibility index (Phi) is 5.80. The van der Waals surface area contributed by atoms with Gasteiger partial charge in [-0.2, -0.15) is 0 Å². The fourth-order valence-electron chi connectivity index (χ4n) is 2.70. The minimum Gasteiger partial charge on any atom is -0.370 e. The fourth-order valence-corrected chi connectivity index (χ4v) is 2.70. The van der Waals surface area contributed by atoms with Gasteiger partial charge in [-0.15, -0.1) is 0 Å². The van der Waals surface area contributed by atoms with E-state index in [-0.39, 0.29) is 0 Å². The van der Waals surface area contributed by atoms with Crippen LogP contribution in [0.2, 0.25) is 0 Å². The number of aromatic nitrogens is 1. The number of pyridine rings is 1. The van der Waals surface area contributed by atoms with Gasteiger partial charge in [0.25, 0.3) is 0 Å². The molecule has 112 valence electrons. The van der Waals surface area contributed by atoms with E-state index < -0.39 is 0 Å². The number of hydrogen-bond donors (Lipinski definition) is 1. The van der Waals surface area contributed by atoms with Crippen LogP contribution in [-0.4, -0.2) is 53.5 Å². The summed E-state index contributed by atoms with van der Waals surface area (Å²) in [7, 11) is 0. The summed E-state index contributed by atoms with van der Waals surface area (Å²) < 4.78 is 0. The molecule has 0 spiro atoms. The summed E-state index contributed by atoms with van der Waals surface area (Å²) in [6.07, 6.45) is 1.24. The molecule has 1 aromatic rings. The lowest BCUT2D eigenvalue weighted by Crippen LogP contribution is -2.49. The van der Waals surface area contributed by atoms with Crippen LogP contribution >= 0.6 is 0 Å². The minimum atomic E-state index is 0.715. The van der Waals surface area contributed by atoms with E-state index in [1.54, 1.807) is 0 Å². The van der Waals surface area contributed by atoms with Gasteiger partial charge in [0.15, 0.2) is 0 Å². The van der Waals surface area contributed by atoms with Crippen molar-refractivity contribution >= 4 is 5.82 Å². The van der Waals surface area contributed by atoms with Crippen LogP contribution in [0.25, 0.3) is 0 Å². The zero-order valence-electron chi connectivity index (χ0n) is 13.1. The highest BCUT2D eigenvalue weighted by Crippen LogP contribution is 2.12. The molecule has 0 radical (unpaired) electrons. The Morgan fingerprint density at radius 1 is 1.20 bits per heavy atom.